The van der Waals surface area contributed by atoms with Gasteiger partial charge in [0.25, 0.3) is 0 Å². The Bertz CT molecular complexity index is 593. The monoisotopic (exact) mass is 376 g/mol. The maximum atomic E-state index is 12.8. The Morgan fingerprint density at radius 3 is 2.54 bits per heavy atom. The van der Waals surface area contributed by atoms with Crippen LogP contribution in [0.2, 0.25) is 0 Å². The van der Waals surface area contributed by atoms with E-state index in [1.165, 1.54) is 0 Å². The van der Waals surface area contributed by atoms with Crippen molar-refractivity contribution < 1.29 is 22.3 Å². The summed E-state index contributed by atoms with van der Waals surface area (Å²) in [7, 11) is -5.12. The molecule has 0 saturated heterocycles. The summed E-state index contributed by atoms with van der Waals surface area (Å²) in [5, 5.41) is 12.1. The summed E-state index contributed by atoms with van der Waals surface area (Å²) in [4.78, 5) is 0. The maximum absolute atomic E-state index is 12.8. The van der Waals surface area contributed by atoms with Crippen molar-refractivity contribution >= 4 is 18.6 Å². The average Bonchev–Trinajstić information content (AvgIpc) is 3.02. The fraction of sp³-hybridized carbons (Fsp3) is 0.800. The third-order valence-corrected chi connectivity index (χ3v) is 7.30. The van der Waals surface area contributed by atoms with E-state index < -0.39 is 29.9 Å². The van der Waals surface area contributed by atoms with Crippen molar-refractivity contribution in [1.82, 2.24) is 5.32 Å². The third kappa shape index (κ3) is 4.09. The van der Waals surface area contributed by atoms with Gasteiger partial charge in [-0.1, -0.05) is 6.92 Å². The predicted octanol–water partition coefficient (Wildman–Crippen LogP) is 2.62. The lowest BCUT2D eigenvalue weighted by Gasteiger charge is -2.35. The largest absolute Gasteiger partial charge is 0.529 e. The summed E-state index contributed by atoms with van der Waals surface area (Å²) in [6.45, 7) is 5.54. The molecule has 0 aromatic heterocycles. The number of hydrogen-bond donors (Lipinski definition) is 1. The summed E-state index contributed by atoms with van der Waals surface area (Å²) in [5.74, 6) is 0.747. The van der Waals surface area contributed by atoms with Crippen molar-refractivity contribution in [3.63, 3.8) is 0 Å². The summed E-state index contributed by atoms with van der Waals surface area (Å²) in [5.41, 5.74) is 0.938. The number of hydrogen-bond acceptors (Lipinski definition) is 7. The van der Waals surface area contributed by atoms with Gasteiger partial charge in [0.2, 0.25) is 0 Å². The molecule has 1 heterocycles. The molecule has 3 unspecified atom stereocenters. The average molecular weight is 376 g/mol. The van der Waals surface area contributed by atoms with Crippen LogP contribution in [-0.4, -0.2) is 40.5 Å². The van der Waals surface area contributed by atoms with Crippen molar-refractivity contribution in [2.75, 3.05) is 19.0 Å². The van der Waals surface area contributed by atoms with E-state index in [2.05, 4.69) is 11.4 Å². The molecule has 7 nitrogen and oxygen atoms in total. The molecule has 24 heavy (non-hydrogen) atoms. The van der Waals surface area contributed by atoms with Crippen LogP contribution >= 0.6 is 7.82 Å². The van der Waals surface area contributed by atoms with Crippen LogP contribution in [0.25, 0.3) is 0 Å². The first-order chi connectivity index (χ1) is 11.5. The zero-order valence-corrected chi connectivity index (χ0v) is 16.0. The smallest absolute Gasteiger partial charge is 0.407 e. The number of nitriles is 1. The summed E-state index contributed by atoms with van der Waals surface area (Å²) in [6.07, 6.45) is 2.58. The topological polar surface area (TPSA) is 97.7 Å². The van der Waals surface area contributed by atoms with Crippen LogP contribution < -0.4 is 5.32 Å². The SMILES string of the molecule is CCOP(=O)(OCC)OC1=C2CCC[C@@H]2NC(C#N)C1S(=O)CC. The molecule has 1 saturated carbocycles. The molecule has 0 radical (unpaired) electrons. The zero-order chi connectivity index (χ0) is 17.7. The van der Waals surface area contributed by atoms with Gasteiger partial charge in [0.15, 0.2) is 0 Å². The van der Waals surface area contributed by atoms with E-state index in [-0.39, 0.29) is 19.3 Å². The van der Waals surface area contributed by atoms with E-state index in [4.69, 9.17) is 13.6 Å². The minimum absolute atomic E-state index is 0.00791. The first-order valence-electron chi connectivity index (χ1n) is 8.34. The molecule has 0 bridgehead atoms. The fourth-order valence-electron chi connectivity index (χ4n) is 3.16. The molecule has 2 rings (SSSR count). The Labute approximate surface area is 145 Å². The molecule has 0 aromatic rings. The van der Waals surface area contributed by atoms with Gasteiger partial charge in [0, 0.05) is 22.6 Å². The fourth-order valence-corrected chi connectivity index (χ4v) is 5.75. The molecule has 1 fully saturated rings. The third-order valence-electron chi connectivity index (χ3n) is 4.11. The highest BCUT2D eigenvalue weighted by atomic mass is 32.2. The number of nitrogens with zero attached hydrogens (tertiary/aromatic N) is 1. The van der Waals surface area contributed by atoms with Crippen molar-refractivity contribution in [2.45, 2.75) is 57.4 Å². The molecule has 9 heteroatoms. The highest BCUT2D eigenvalue weighted by molar-refractivity contribution is 7.85. The van der Waals surface area contributed by atoms with E-state index in [1.807, 2.05) is 0 Å². The second-order valence-corrected chi connectivity index (χ2v) is 9.01. The summed E-state index contributed by atoms with van der Waals surface area (Å²) < 4.78 is 41.6. The van der Waals surface area contributed by atoms with E-state index in [0.717, 1.165) is 24.8 Å². The van der Waals surface area contributed by atoms with Crippen LogP contribution in [0.3, 0.4) is 0 Å². The first-order valence-corrected chi connectivity index (χ1v) is 11.2. The molecule has 0 aromatic carbocycles. The Morgan fingerprint density at radius 1 is 1.33 bits per heavy atom. The zero-order valence-electron chi connectivity index (χ0n) is 14.3. The second-order valence-electron chi connectivity index (χ2n) is 5.57. The van der Waals surface area contributed by atoms with Gasteiger partial charge in [-0.05, 0) is 38.7 Å². The molecule has 2 aliphatic rings. The van der Waals surface area contributed by atoms with Crippen LogP contribution in [0.1, 0.15) is 40.0 Å². The Kier molecular flexibility index (Phi) is 7.02. The van der Waals surface area contributed by atoms with Gasteiger partial charge in [0.05, 0.1) is 19.3 Å². The number of nitrogens with one attached hydrogen (secondary N) is 1. The van der Waals surface area contributed by atoms with Crippen LogP contribution in [0.4, 0.5) is 0 Å². The van der Waals surface area contributed by atoms with Crippen molar-refractivity contribution in [1.29, 1.82) is 5.26 Å². The Hall–Kier alpha value is -0.710. The number of phosphoric ester groups is 1. The van der Waals surface area contributed by atoms with Gasteiger partial charge >= 0.3 is 7.82 Å². The lowest BCUT2D eigenvalue weighted by molar-refractivity contribution is 0.139. The van der Waals surface area contributed by atoms with Gasteiger partial charge in [-0.2, -0.15) is 5.26 Å². The van der Waals surface area contributed by atoms with Crippen molar-refractivity contribution in [2.24, 2.45) is 0 Å². The van der Waals surface area contributed by atoms with Crippen LogP contribution in [0.15, 0.2) is 11.3 Å². The molecule has 1 aliphatic heterocycles. The molecule has 0 amide bonds. The normalized spacial score (nSPS) is 28.3. The number of fused-ring (bicyclic) bond motifs is 1. The minimum Gasteiger partial charge on any atom is -0.407 e. The maximum Gasteiger partial charge on any atom is 0.529 e. The van der Waals surface area contributed by atoms with E-state index in [9.17, 15) is 14.0 Å². The standard InChI is InChI=1S/C15H25N2O5PS/c1-4-20-23(18,21-5-2)22-14-11-8-7-9-12(11)17-13(10-16)15(14)24(19)6-3/h12-13,15,17H,4-9H2,1-3H3/t12-,13?,15?,24?/m0/s1. The highest BCUT2D eigenvalue weighted by Crippen LogP contribution is 2.54. The van der Waals surface area contributed by atoms with Crippen LogP contribution in [0.5, 0.6) is 0 Å². The summed E-state index contributed by atoms with van der Waals surface area (Å²) in [6, 6.07) is 1.52. The quantitative estimate of drug-likeness (QED) is 0.650. The van der Waals surface area contributed by atoms with Gasteiger partial charge in [0.1, 0.15) is 17.1 Å². The van der Waals surface area contributed by atoms with Crippen LogP contribution in [-0.2, 0) is 28.9 Å². The number of rotatable bonds is 8. The number of phosphoric acid groups is 1. The van der Waals surface area contributed by atoms with Gasteiger partial charge in [-0.3, -0.25) is 18.6 Å². The molecular formula is C15H25N2O5PS. The Balaban J connectivity index is 2.44. The Morgan fingerprint density at radius 2 is 2.00 bits per heavy atom. The second kappa shape index (κ2) is 8.59. The van der Waals surface area contributed by atoms with E-state index in [0.29, 0.717) is 11.5 Å². The van der Waals surface area contributed by atoms with Crippen molar-refractivity contribution in [3.05, 3.63) is 11.3 Å². The highest BCUT2D eigenvalue weighted by Gasteiger charge is 2.45. The van der Waals surface area contributed by atoms with Gasteiger partial charge in [-0.25, -0.2) is 4.57 Å². The lowest BCUT2D eigenvalue weighted by atomic mass is 9.98. The molecule has 4 atom stereocenters. The summed E-state index contributed by atoms with van der Waals surface area (Å²) >= 11 is 0. The van der Waals surface area contributed by atoms with Crippen LogP contribution in [0, 0.1) is 11.3 Å². The predicted molar refractivity (Wildman–Crippen MR) is 91.6 cm³/mol. The molecule has 1 aliphatic carbocycles. The molecule has 1 N–H and O–H groups in total. The van der Waals surface area contributed by atoms with E-state index >= 15 is 0 Å². The van der Waals surface area contributed by atoms with E-state index in [1.54, 1.807) is 20.8 Å². The molecule has 0 spiro atoms. The minimum atomic E-state index is -3.79. The lowest BCUT2D eigenvalue weighted by Crippen LogP contribution is -2.52. The first kappa shape index (κ1) is 19.6. The van der Waals surface area contributed by atoms with Gasteiger partial charge in [-0.15, -0.1) is 0 Å². The molecular weight excluding hydrogens is 351 g/mol. The van der Waals surface area contributed by atoms with Crippen molar-refractivity contribution in [3.8, 4) is 6.07 Å². The van der Waals surface area contributed by atoms with Gasteiger partial charge < -0.3 is 4.52 Å². The molecule has 136 valence electrons.